The van der Waals surface area contributed by atoms with Gasteiger partial charge in [-0.25, -0.2) is 0 Å². The first kappa shape index (κ1) is 9.74. The second-order valence-corrected chi connectivity index (χ2v) is 3.94. The molecule has 2 nitrogen and oxygen atoms in total. The summed E-state index contributed by atoms with van der Waals surface area (Å²) < 4.78 is 6.55. The molecule has 0 aliphatic carbocycles. The van der Waals surface area contributed by atoms with E-state index in [4.69, 9.17) is 4.74 Å². The molecule has 64 valence electrons. The third-order valence-electron chi connectivity index (χ3n) is 1.15. The number of halogens is 2. The van der Waals surface area contributed by atoms with Gasteiger partial charge in [-0.05, 0) is 34.1 Å². The highest BCUT2D eigenvalue weighted by Gasteiger charge is 2.03. The number of esters is 1. The van der Waals surface area contributed by atoms with Gasteiger partial charge in [0.25, 0.3) is 0 Å². The third-order valence-corrected chi connectivity index (χ3v) is 2.30. The first-order valence-corrected chi connectivity index (χ1v) is 4.81. The van der Waals surface area contributed by atoms with Crippen LogP contribution in [0.2, 0.25) is 0 Å². The van der Waals surface area contributed by atoms with Crippen LogP contribution < -0.4 is 4.74 Å². The van der Waals surface area contributed by atoms with Crippen molar-refractivity contribution >= 4 is 37.8 Å². The molecule has 0 aliphatic rings. The van der Waals surface area contributed by atoms with Gasteiger partial charge >= 0.3 is 5.97 Å². The zero-order valence-corrected chi connectivity index (χ0v) is 9.48. The molecule has 0 bridgehead atoms. The lowest BCUT2D eigenvalue weighted by Crippen LogP contribution is -2.01. The van der Waals surface area contributed by atoms with E-state index in [2.05, 4.69) is 31.9 Å². The summed E-state index contributed by atoms with van der Waals surface area (Å²) in [6, 6.07) is 5.39. The Hall–Kier alpha value is -0.350. The van der Waals surface area contributed by atoms with Crippen molar-refractivity contribution in [2.75, 3.05) is 0 Å². The highest BCUT2D eigenvalue weighted by molar-refractivity contribution is 9.11. The van der Waals surface area contributed by atoms with Crippen LogP contribution in [0.1, 0.15) is 6.92 Å². The zero-order chi connectivity index (χ0) is 9.14. The molecule has 0 atom stereocenters. The Morgan fingerprint density at radius 3 is 2.67 bits per heavy atom. The molecular formula is C8H6Br2O2. The molecule has 0 saturated heterocycles. The molecule has 0 fully saturated rings. The van der Waals surface area contributed by atoms with Gasteiger partial charge in [0.05, 0.1) is 4.47 Å². The van der Waals surface area contributed by atoms with Crippen LogP contribution in [0.15, 0.2) is 27.1 Å². The van der Waals surface area contributed by atoms with Gasteiger partial charge in [-0.1, -0.05) is 15.9 Å². The van der Waals surface area contributed by atoms with Gasteiger partial charge in [0.15, 0.2) is 0 Å². The van der Waals surface area contributed by atoms with Crippen LogP contribution in [0.4, 0.5) is 0 Å². The summed E-state index contributed by atoms with van der Waals surface area (Å²) in [4.78, 5) is 10.6. The van der Waals surface area contributed by atoms with Crippen molar-refractivity contribution in [3.8, 4) is 5.75 Å². The molecule has 0 spiro atoms. The van der Waals surface area contributed by atoms with Crippen molar-refractivity contribution in [2.24, 2.45) is 0 Å². The monoisotopic (exact) mass is 292 g/mol. The molecule has 0 aliphatic heterocycles. The maximum atomic E-state index is 10.6. The predicted octanol–water partition coefficient (Wildman–Crippen LogP) is 3.14. The van der Waals surface area contributed by atoms with Crippen LogP contribution in [-0.2, 0) is 4.79 Å². The van der Waals surface area contributed by atoms with Crippen LogP contribution in [0, 0.1) is 0 Å². The van der Waals surface area contributed by atoms with Crippen molar-refractivity contribution in [3.63, 3.8) is 0 Å². The first-order chi connectivity index (χ1) is 5.59. The van der Waals surface area contributed by atoms with Crippen molar-refractivity contribution < 1.29 is 9.53 Å². The molecule has 0 saturated carbocycles. The van der Waals surface area contributed by atoms with Gasteiger partial charge < -0.3 is 4.74 Å². The second kappa shape index (κ2) is 4.05. The smallest absolute Gasteiger partial charge is 0.308 e. The summed E-state index contributed by atoms with van der Waals surface area (Å²) in [6.45, 7) is 1.37. The fourth-order valence-corrected chi connectivity index (χ4v) is 1.38. The molecule has 1 aromatic rings. The van der Waals surface area contributed by atoms with Gasteiger partial charge in [-0.3, -0.25) is 4.79 Å². The highest BCUT2D eigenvalue weighted by Crippen LogP contribution is 2.28. The SMILES string of the molecule is CC(=O)Oc1cc(Br)ccc1Br. The van der Waals surface area contributed by atoms with Crippen molar-refractivity contribution in [1.29, 1.82) is 0 Å². The molecule has 1 rings (SSSR count). The van der Waals surface area contributed by atoms with Crippen LogP contribution in [0.5, 0.6) is 5.75 Å². The molecule has 0 heterocycles. The first-order valence-electron chi connectivity index (χ1n) is 3.23. The molecule has 0 aromatic heterocycles. The van der Waals surface area contributed by atoms with E-state index in [1.54, 1.807) is 6.07 Å². The summed E-state index contributed by atoms with van der Waals surface area (Å²) in [5.74, 6) is 0.200. The minimum Gasteiger partial charge on any atom is -0.425 e. The largest absolute Gasteiger partial charge is 0.425 e. The van der Waals surface area contributed by atoms with E-state index >= 15 is 0 Å². The third kappa shape index (κ3) is 2.60. The van der Waals surface area contributed by atoms with Gasteiger partial charge in [-0.2, -0.15) is 0 Å². The van der Waals surface area contributed by atoms with Gasteiger partial charge in [0.1, 0.15) is 5.75 Å². The van der Waals surface area contributed by atoms with Gasteiger partial charge in [-0.15, -0.1) is 0 Å². The average molecular weight is 294 g/mol. The lowest BCUT2D eigenvalue weighted by molar-refractivity contribution is -0.131. The Balaban J connectivity index is 2.97. The van der Waals surface area contributed by atoms with E-state index in [-0.39, 0.29) is 5.97 Å². The van der Waals surface area contributed by atoms with E-state index in [1.807, 2.05) is 12.1 Å². The molecule has 12 heavy (non-hydrogen) atoms. The Bertz CT molecular complexity index is 310. The molecular weight excluding hydrogens is 288 g/mol. The maximum Gasteiger partial charge on any atom is 0.308 e. The number of carbonyl (C=O) groups excluding carboxylic acids is 1. The molecule has 1 aromatic carbocycles. The van der Waals surface area contributed by atoms with Gasteiger partial charge in [0, 0.05) is 11.4 Å². The molecule has 0 N–H and O–H groups in total. The number of hydrogen-bond acceptors (Lipinski definition) is 2. The number of rotatable bonds is 1. The van der Waals surface area contributed by atoms with Crippen LogP contribution in [-0.4, -0.2) is 5.97 Å². The Morgan fingerprint density at radius 1 is 1.42 bits per heavy atom. The normalized spacial score (nSPS) is 9.58. The van der Waals surface area contributed by atoms with Crippen molar-refractivity contribution in [2.45, 2.75) is 6.92 Å². The highest BCUT2D eigenvalue weighted by atomic mass is 79.9. The number of hydrogen-bond donors (Lipinski definition) is 0. The number of carbonyl (C=O) groups is 1. The topological polar surface area (TPSA) is 26.3 Å². The lowest BCUT2D eigenvalue weighted by Gasteiger charge is -2.03. The summed E-state index contributed by atoms with van der Waals surface area (Å²) in [6.07, 6.45) is 0. The quantitative estimate of drug-likeness (QED) is 0.587. The van der Waals surface area contributed by atoms with E-state index in [1.165, 1.54) is 6.92 Å². The van der Waals surface area contributed by atoms with Crippen LogP contribution in [0.3, 0.4) is 0 Å². The Labute approximate surface area is 87.2 Å². The molecule has 4 heteroatoms. The molecule has 0 amide bonds. The second-order valence-electron chi connectivity index (χ2n) is 2.17. The standard InChI is InChI=1S/C8H6Br2O2/c1-5(11)12-8-4-6(9)2-3-7(8)10/h2-4H,1H3. The minimum absolute atomic E-state index is 0.325. The van der Waals surface area contributed by atoms with Crippen LogP contribution in [0.25, 0.3) is 0 Å². The molecule has 0 unspecified atom stereocenters. The predicted molar refractivity (Wildman–Crippen MR) is 53.2 cm³/mol. The van der Waals surface area contributed by atoms with Gasteiger partial charge in [0.2, 0.25) is 0 Å². The summed E-state index contributed by atoms with van der Waals surface area (Å²) in [5, 5.41) is 0. The summed E-state index contributed by atoms with van der Waals surface area (Å²) in [5.41, 5.74) is 0. The minimum atomic E-state index is -0.325. The summed E-state index contributed by atoms with van der Waals surface area (Å²) >= 11 is 6.53. The fourth-order valence-electron chi connectivity index (χ4n) is 0.710. The van der Waals surface area contributed by atoms with Crippen molar-refractivity contribution in [1.82, 2.24) is 0 Å². The maximum absolute atomic E-state index is 10.6. The Morgan fingerprint density at radius 2 is 2.08 bits per heavy atom. The summed E-state index contributed by atoms with van der Waals surface area (Å²) in [7, 11) is 0. The van der Waals surface area contributed by atoms with E-state index in [0.717, 1.165) is 8.95 Å². The zero-order valence-electron chi connectivity index (χ0n) is 6.30. The fraction of sp³-hybridized carbons (Fsp3) is 0.125. The van der Waals surface area contributed by atoms with Crippen LogP contribution >= 0.6 is 31.9 Å². The van der Waals surface area contributed by atoms with E-state index in [9.17, 15) is 4.79 Å². The molecule has 0 radical (unpaired) electrons. The van der Waals surface area contributed by atoms with Crippen molar-refractivity contribution in [3.05, 3.63) is 27.1 Å². The van der Waals surface area contributed by atoms with E-state index < -0.39 is 0 Å². The number of ether oxygens (including phenoxy) is 1. The number of benzene rings is 1. The Kier molecular flexibility index (Phi) is 3.29. The lowest BCUT2D eigenvalue weighted by atomic mass is 10.3. The average Bonchev–Trinajstić information content (AvgIpc) is 1.96. The van der Waals surface area contributed by atoms with E-state index in [0.29, 0.717) is 5.75 Å².